The molecule has 2 N–H and O–H groups in total. The number of carboxylic acid groups (broad SMARTS) is 1. The van der Waals surface area contributed by atoms with Crippen molar-refractivity contribution in [2.75, 3.05) is 7.11 Å². The molecule has 0 heterocycles. The van der Waals surface area contributed by atoms with Gasteiger partial charge in [0.15, 0.2) is 0 Å². The van der Waals surface area contributed by atoms with Crippen molar-refractivity contribution in [3.05, 3.63) is 29.8 Å². The smallest absolute Gasteiger partial charge is 0.303 e. The quantitative estimate of drug-likeness (QED) is 0.774. The lowest BCUT2D eigenvalue weighted by Crippen LogP contribution is -2.44. The molecular formula is C17H25NO4. The highest BCUT2D eigenvalue weighted by atomic mass is 16.5. The van der Waals surface area contributed by atoms with Crippen LogP contribution in [-0.4, -0.2) is 29.6 Å². The molecule has 1 atom stereocenters. The highest BCUT2D eigenvalue weighted by Crippen LogP contribution is 2.28. The lowest BCUT2D eigenvalue weighted by molar-refractivity contribution is -0.137. The topological polar surface area (TPSA) is 75.6 Å². The van der Waals surface area contributed by atoms with E-state index in [0.29, 0.717) is 12.8 Å². The number of nitrogens with one attached hydrogen (secondary N) is 1. The van der Waals surface area contributed by atoms with E-state index < -0.39 is 11.5 Å². The third-order valence-corrected chi connectivity index (χ3v) is 3.60. The molecule has 0 aromatic heterocycles. The highest BCUT2D eigenvalue weighted by Gasteiger charge is 2.23. The first kappa shape index (κ1) is 18.0. The molecule has 0 saturated heterocycles. The number of carbonyl (C=O) groups is 2. The van der Waals surface area contributed by atoms with Crippen molar-refractivity contribution in [3.63, 3.8) is 0 Å². The SMILES string of the molecule is COc1ccccc1C(C)CC(=O)NC(C)(C)CCC(=O)O. The van der Waals surface area contributed by atoms with E-state index in [-0.39, 0.29) is 18.2 Å². The summed E-state index contributed by atoms with van der Waals surface area (Å²) < 4.78 is 5.32. The minimum absolute atomic E-state index is 0.0198. The van der Waals surface area contributed by atoms with E-state index in [1.54, 1.807) is 7.11 Å². The number of amides is 1. The number of rotatable bonds is 8. The Labute approximate surface area is 131 Å². The van der Waals surface area contributed by atoms with E-state index in [2.05, 4.69) is 5.32 Å². The largest absolute Gasteiger partial charge is 0.496 e. The fraction of sp³-hybridized carbons (Fsp3) is 0.529. The Hall–Kier alpha value is -2.04. The molecule has 5 heteroatoms. The summed E-state index contributed by atoms with van der Waals surface area (Å²) in [5, 5.41) is 11.6. The summed E-state index contributed by atoms with van der Waals surface area (Å²) >= 11 is 0. The second-order valence-corrected chi connectivity index (χ2v) is 6.17. The molecule has 0 bridgehead atoms. The first-order valence-electron chi connectivity index (χ1n) is 7.41. The number of ether oxygens (including phenoxy) is 1. The Morgan fingerprint density at radius 1 is 1.32 bits per heavy atom. The first-order chi connectivity index (χ1) is 10.2. The second kappa shape index (κ2) is 7.82. The van der Waals surface area contributed by atoms with Gasteiger partial charge in [-0.05, 0) is 37.8 Å². The van der Waals surface area contributed by atoms with Gasteiger partial charge in [-0.1, -0.05) is 25.1 Å². The number of methoxy groups -OCH3 is 1. The van der Waals surface area contributed by atoms with Gasteiger partial charge in [0.05, 0.1) is 7.11 Å². The van der Waals surface area contributed by atoms with Crippen LogP contribution in [0.4, 0.5) is 0 Å². The molecule has 0 aliphatic carbocycles. The van der Waals surface area contributed by atoms with Crippen LogP contribution < -0.4 is 10.1 Å². The average molecular weight is 307 g/mol. The predicted molar refractivity (Wildman–Crippen MR) is 85.1 cm³/mol. The van der Waals surface area contributed by atoms with Crippen LogP contribution in [0.1, 0.15) is 51.5 Å². The van der Waals surface area contributed by atoms with Crippen LogP contribution >= 0.6 is 0 Å². The molecule has 0 aliphatic rings. The van der Waals surface area contributed by atoms with Gasteiger partial charge in [0.1, 0.15) is 5.75 Å². The summed E-state index contributed by atoms with van der Waals surface area (Å²) in [4.78, 5) is 22.8. The van der Waals surface area contributed by atoms with Crippen molar-refractivity contribution in [1.82, 2.24) is 5.32 Å². The maximum Gasteiger partial charge on any atom is 0.303 e. The maximum absolute atomic E-state index is 12.2. The van der Waals surface area contributed by atoms with Crippen LogP contribution in [0.15, 0.2) is 24.3 Å². The van der Waals surface area contributed by atoms with Crippen molar-refractivity contribution in [2.24, 2.45) is 0 Å². The summed E-state index contributed by atoms with van der Waals surface area (Å²) in [6.45, 7) is 5.64. The van der Waals surface area contributed by atoms with Crippen molar-refractivity contribution in [2.45, 2.75) is 51.5 Å². The third kappa shape index (κ3) is 5.76. The zero-order chi connectivity index (χ0) is 16.8. The summed E-state index contributed by atoms with van der Waals surface area (Å²) in [6, 6.07) is 7.64. The van der Waals surface area contributed by atoms with Gasteiger partial charge in [-0.25, -0.2) is 0 Å². The van der Waals surface area contributed by atoms with Gasteiger partial charge in [-0.3, -0.25) is 9.59 Å². The molecule has 122 valence electrons. The summed E-state index contributed by atoms with van der Waals surface area (Å²) in [6.07, 6.45) is 0.767. The van der Waals surface area contributed by atoms with Crippen LogP contribution in [0.2, 0.25) is 0 Å². The van der Waals surface area contributed by atoms with E-state index in [4.69, 9.17) is 9.84 Å². The lowest BCUT2D eigenvalue weighted by Gasteiger charge is -2.26. The van der Waals surface area contributed by atoms with Crippen LogP contribution in [-0.2, 0) is 9.59 Å². The molecule has 0 radical (unpaired) electrons. The lowest BCUT2D eigenvalue weighted by atomic mass is 9.94. The maximum atomic E-state index is 12.2. The summed E-state index contributed by atoms with van der Waals surface area (Å²) in [7, 11) is 1.61. The standard InChI is InChI=1S/C17H25NO4/c1-12(13-7-5-6-8-14(13)22-4)11-15(19)18-17(2,3)10-9-16(20)21/h5-8,12H,9-11H2,1-4H3,(H,18,19)(H,20,21). The van der Waals surface area contributed by atoms with Gasteiger partial charge in [-0.2, -0.15) is 0 Å². The summed E-state index contributed by atoms with van der Waals surface area (Å²) in [5.41, 5.74) is 0.458. The molecule has 5 nitrogen and oxygen atoms in total. The highest BCUT2D eigenvalue weighted by molar-refractivity contribution is 5.78. The average Bonchev–Trinajstić information content (AvgIpc) is 2.44. The predicted octanol–water partition coefficient (Wildman–Crippen LogP) is 2.95. The van der Waals surface area contributed by atoms with Gasteiger partial charge >= 0.3 is 5.97 Å². The second-order valence-electron chi connectivity index (χ2n) is 6.17. The molecule has 0 fully saturated rings. The van der Waals surface area contributed by atoms with Crippen LogP contribution in [0, 0.1) is 0 Å². The number of hydrogen-bond acceptors (Lipinski definition) is 3. The number of aliphatic carboxylic acids is 1. The van der Waals surface area contributed by atoms with Crippen molar-refractivity contribution in [1.29, 1.82) is 0 Å². The molecule has 1 aromatic rings. The van der Waals surface area contributed by atoms with Crippen molar-refractivity contribution < 1.29 is 19.4 Å². The molecule has 1 aromatic carbocycles. The number of hydrogen-bond donors (Lipinski definition) is 2. The monoisotopic (exact) mass is 307 g/mol. The first-order valence-corrected chi connectivity index (χ1v) is 7.41. The zero-order valence-electron chi connectivity index (χ0n) is 13.7. The number of benzene rings is 1. The molecule has 1 amide bonds. The number of carbonyl (C=O) groups excluding carboxylic acids is 1. The third-order valence-electron chi connectivity index (χ3n) is 3.60. The van der Waals surface area contributed by atoms with E-state index in [9.17, 15) is 9.59 Å². The minimum Gasteiger partial charge on any atom is -0.496 e. The summed E-state index contributed by atoms with van der Waals surface area (Å²) in [5.74, 6) is -0.155. The van der Waals surface area contributed by atoms with Gasteiger partial charge in [-0.15, -0.1) is 0 Å². The Morgan fingerprint density at radius 2 is 1.95 bits per heavy atom. The zero-order valence-corrected chi connectivity index (χ0v) is 13.7. The molecule has 22 heavy (non-hydrogen) atoms. The molecule has 1 rings (SSSR count). The van der Waals surface area contributed by atoms with E-state index in [1.807, 2.05) is 45.0 Å². The number of carboxylic acids is 1. The minimum atomic E-state index is -0.857. The van der Waals surface area contributed by atoms with Crippen molar-refractivity contribution >= 4 is 11.9 Å². The molecule has 1 unspecified atom stereocenters. The van der Waals surface area contributed by atoms with Gasteiger partial charge < -0.3 is 15.2 Å². The Morgan fingerprint density at radius 3 is 2.55 bits per heavy atom. The van der Waals surface area contributed by atoms with Gasteiger partial charge in [0.25, 0.3) is 0 Å². The van der Waals surface area contributed by atoms with Crippen molar-refractivity contribution in [3.8, 4) is 5.75 Å². The Balaban J connectivity index is 2.62. The molecule has 0 aliphatic heterocycles. The number of para-hydroxylation sites is 1. The van der Waals surface area contributed by atoms with E-state index in [1.165, 1.54) is 0 Å². The van der Waals surface area contributed by atoms with E-state index >= 15 is 0 Å². The molecular weight excluding hydrogens is 282 g/mol. The fourth-order valence-electron chi connectivity index (χ4n) is 2.37. The van der Waals surface area contributed by atoms with Crippen LogP contribution in [0.3, 0.4) is 0 Å². The van der Waals surface area contributed by atoms with Gasteiger partial charge in [0.2, 0.25) is 5.91 Å². The Bertz CT molecular complexity index is 525. The molecule has 0 spiro atoms. The van der Waals surface area contributed by atoms with Crippen LogP contribution in [0.5, 0.6) is 5.75 Å². The van der Waals surface area contributed by atoms with Gasteiger partial charge in [0, 0.05) is 18.4 Å². The van der Waals surface area contributed by atoms with Crippen LogP contribution in [0.25, 0.3) is 0 Å². The molecule has 0 saturated carbocycles. The fourth-order valence-corrected chi connectivity index (χ4v) is 2.37. The normalized spacial score (nSPS) is 12.5. The van der Waals surface area contributed by atoms with E-state index in [0.717, 1.165) is 11.3 Å². The Kier molecular flexibility index (Phi) is 6.40.